The van der Waals surface area contributed by atoms with Gasteiger partial charge >= 0.3 is 0 Å². The number of rotatable bonds is 7. The number of amides is 1. The molecule has 168 valence electrons. The molecule has 0 spiro atoms. The van der Waals surface area contributed by atoms with Gasteiger partial charge in [0.25, 0.3) is 0 Å². The van der Waals surface area contributed by atoms with Crippen LogP contribution in [0.25, 0.3) is 10.8 Å². The molecular weight excluding hydrogens is 406 g/mol. The summed E-state index contributed by atoms with van der Waals surface area (Å²) < 4.78 is 11.8. The van der Waals surface area contributed by atoms with Crippen LogP contribution in [0.4, 0.5) is 4.79 Å². The summed E-state index contributed by atoms with van der Waals surface area (Å²) in [4.78, 5) is 13.0. The molecule has 4 rings (SSSR count). The lowest BCUT2D eigenvalue weighted by Crippen LogP contribution is -2.55. The van der Waals surface area contributed by atoms with Crippen LogP contribution in [0.15, 0.2) is 66.7 Å². The highest BCUT2D eigenvalue weighted by Crippen LogP contribution is 2.36. The molecule has 3 aromatic rings. The lowest BCUT2D eigenvalue weighted by molar-refractivity contribution is -0.270. The van der Waals surface area contributed by atoms with Gasteiger partial charge in [-0.25, -0.2) is 0 Å². The zero-order chi connectivity index (χ0) is 22.5. The Kier molecular flexibility index (Phi) is 7.05. The van der Waals surface area contributed by atoms with Gasteiger partial charge in [0, 0.05) is 32.0 Å². The van der Waals surface area contributed by atoms with Gasteiger partial charge in [-0.3, -0.25) is 0 Å². The monoisotopic (exact) mass is 434 g/mol. The van der Waals surface area contributed by atoms with Crippen molar-refractivity contribution in [1.29, 1.82) is 0 Å². The first-order valence-electron chi connectivity index (χ1n) is 10.8. The van der Waals surface area contributed by atoms with E-state index in [1.54, 1.807) is 7.11 Å². The summed E-state index contributed by atoms with van der Waals surface area (Å²) >= 11 is 0. The molecule has 1 heterocycles. The fourth-order valence-corrected chi connectivity index (χ4v) is 4.65. The van der Waals surface area contributed by atoms with Crippen LogP contribution in [-0.2, 0) is 22.7 Å². The van der Waals surface area contributed by atoms with Crippen LogP contribution in [0.2, 0.25) is 0 Å². The molecule has 1 saturated heterocycles. The third-order valence-electron chi connectivity index (χ3n) is 6.23. The number of likely N-dealkylation sites (tertiary alicyclic amines) is 1. The number of methoxy groups -OCH3 is 1. The number of nitrogens with zero attached hydrogens (tertiary/aromatic N) is 1. The number of carbonyl (C=O) groups is 1. The Labute approximate surface area is 188 Å². The van der Waals surface area contributed by atoms with E-state index in [1.807, 2.05) is 42.5 Å². The van der Waals surface area contributed by atoms with E-state index in [2.05, 4.69) is 24.3 Å². The summed E-state index contributed by atoms with van der Waals surface area (Å²) in [6, 6.07) is 22.1. The molecule has 1 fully saturated rings. The van der Waals surface area contributed by atoms with Crippen molar-refractivity contribution in [2.75, 3.05) is 26.8 Å². The highest BCUT2D eigenvalue weighted by molar-refractivity contribution is 5.82. The largest absolute Gasteiger partial charge is 0.530 e. The molecule has 0 bridgehead atoms. The minimum Gasteiger partial charge on any atom is -0.530 e. The van der Waals surface area contributed by atoms with Gasteiger partial charge in [0.1, 0.15) is 6.09 Å². The maximum Gasteiger partial charge on any atom is 0.137 e. The first-order chi connectivity index (χ1) is 15.6. The lowest BCUT2D eigenvalue weighted by Gasteiger charge is -2.44. The van der Waals surface area contributed by atoms with E-state index in [0.717, 1.165) is 22.1 Å². The first-order valence-corrected chi connectivity index (χ1v) is 10.8. The number of fused-ring (bicyclic) bond motifs is 1. The zero-order valence-electron chi connectivity index (χ0n) is 18.1. The molecular formula is C26H28NO5-. The van der Waals surface area contributed by atoms with Gasteiger partial charge in [0.15, 0.2) is 0 Å². The maximum atomic E-state index is 11.7. The van der Waals surface area contributed by atoms with Crippen LogP contribution in [0.5, 0.6) is 0 Å². The molecule has 3 aromatic carbocycles. The van der Waals surface area contributed by atoms with Gasteiger partial charge in [-0.05, 0) is 33.5 Å². The Balaban J connectivity index is 1.60. The van der Waals surface area contributed by atoms with Crippen LogP contribution in [0.1, 0.15) is 22.6 Å². The topological polar surface area (TPSA) is 82.1 Å². The number of benzene rings is 3. The van der Waals surface area contributed by atoms with Crippen LogP contribution in [-0.4, -0.2) is 49.0 Å². The normalized spacial score (nSPS) is 21.1. The number of piperidine rings is 1. The number of hydrogen-bond acceptors (Lipinski definition) is 5. The number of aliphatic hydroxyl groups excluding tert-OH is 1. The van der Waals surface area contributed by atoms with Crippen molar-refractivity contribution >= 4 is 16.9 Å². The van der Waals surface area contributed by atoms with Crippen LogP contribution >= 0.6 is 0 Å². The number of hydrogen-bond donors (Lipinski definition) is 1. The quantitative estimate of drug-likeness (QED) is 0.618. The van der Waals surface area contributed by atoms with Crippen molar-refractivity contribution in [3.05, 3.63) is 83.4 Å². The SMILES string of the molecule is COCC1CN(C(=O)[O-])CC(OCc2ccc3ccccc3c2)C1c1ccc(CO)cc1. The summed E-state index contributed by atoms with van der Waals surface area (Å²) in [6.45, 7) is 1.33. The van der Waals surface area contributed by atoms with Crippen molar-refractivity contribution in [3.8, 4) is 0 Å². The average Bonchev–Trinajstić information content (AvgIpc) is 2.82. The predicted molar refractivity (Wildman–Crippen MR) is 120 cm³/mol. The first kappa shape index (κ1) is 22.3. The highest BCUT2D eigenvalue weighted by atomic mass is 16.5. The van der Waals surface area contributed by atoms with Crippen LogP contribution in [0, 0.1) is 5.92 Å². The van der Waals surface area contributed by atoms with E-state index in [-0.39, 0.29) is 31.1 Å². The van der Waals surface area contributed by atoms with Crippen molar-refractivity contribution in [3.63, 3.8) is 0 Å². The fraction of sp³-hybridized carbons (Fsp3) is 0.346. The third kappa shape index (κ3) is 4.93. The number of aliphatic hydroxyl groups is 1. The van der Waals surface area contributed by atoms with Crippen LogP contribution < -0.4 is 5.11 Å². The predicted octanol–water partition coefficient (Wildman–Crippen LogP) is 2.92. The molecule has 0 saturated carbocycles. The van der Waals surface area contributed by atoms with Gasteiger partial charge in [-0.1, -0.05) is 60.7 Å². The Morgan fingerprint density at radius 3 is 2.44 bits per heavy atom. The van der Waals surface area contributed by atoms with Crippen molar-refractivity contribution in [2.45, 2.75) is 25.2 Å². The van der Waals surface area contributed by atoms with Crippen molar-refractivity contribution in [2.24, 2.45) is 5.92 Å². The minimum atomic E-state index is -1.19. The van der Waals surface area contributed by atoms with Crippen LogP contribution in [0.3, 0.4) is 0 Å². The molecule has 6 heteroatoms. The number of ether oxygens (including phenoxy) is 2. The average molecular weight is 435 g/mol. The molecule has 32 heavy (non-hydrogen) atoms. The summed E-state index contributed by atoms with van der Waals surface area (Å²) in [5.41, 5.74) is 2.91. The lowest BCUT2D eigenvalue weighted by atomic mass is 9.78. The van der Waals surface area contributed by atoms with Crippen molar-refractivity contribution < 1.29 is 24.5 Å². The standard InChI is InChI=1S/C26H29NO5/c1-31-17-23-13-27(26(29)30)14-24(25(23)21-10-6-18(15-28)7-11-21)32-16-19-8-9-20-4-2-3-5-22(20)12-19/h2-12,23-25,28H,13-17H2,1H3,(H,29,30)/p-1. The summed E-state index contributed by atoms with van der Waals surface area (Å²) in [5.74, 6) is -0.119. The summed E-state index contributed by atoms with van der Waals surface area (Å²) in [5, 5.41) is 23.4. The van der Waals surface area contributed by atoms with E-state index >= 15 is 0 Å². The van der Waals surface area contributed by atoms with Gasteiger partial charge in [-0.2, -0.15) is 0 Å². The molecule has 1 N–H and O–H groups in total. The molecule has 1 aliphatic rings. The molecule has 0 radical (unpaired) electrons. The van der Waals surface area contributed by atoms with Gasteiger partial charge in [0.05, 0.1) is 25.9 Å². The molecule has 3 unspecified atom stereocenters. The van der Waals surface area contributed by atoms with E-state index in [1.165, 1.54) is 10.3 Å². The van der Waals surface area contributed by atoms with E-state index in [0.29, 0.717) is 19.8 Å². The Morgan fingerprint density at radius 2 is 1.75 bits per heavy atom. The molecule has 1 amide bonds. The van der Waals surface area contributed by atoms with E-state index in [9.17, 15) is 15.0 Å². The Hall–Kier alpha value is -2.93. The summed E-state index contributed by atoms with van der Waals surface area (Å²) in [6.07, 6.45) is -1.55. The molecule has 0 aliphatic carbocycles. The number of carbonyl (C=O) groups excluding carboxylic acids is 1. The fourth-order valence-electron chi connectivity index (χ4n) is 4.65. The maximum absolute atomic E-state index is 11.7. The van der Waals surface area contributed by atoms with Gasteiger partial charge in [0.2, 0.25) is 0 Å². The van der Waals surface area contributed by atoms with Crippen molar-refractivity contribution in [1.82, 2.24) is 4.90 Å². The second-order valence-corrected chi connectivity index (χ2v) is 8.34. The number of carboxylic acid groups (broad SMARTS) is 1. The van der Waals surface area contributed by atoms with Gasteiger partial charge < -0.3 is 29.4 Å². The van der Waals surface area contributed by atoms with Gasteiger partial charge in [-0.15, -0.1) is 0 Å². The Bertz CT molecular complexity index is 1050. The molecule has 3 atom stereocenters. The molecule has 6 nitrogen and oxygen atoms in total. The second kappa shape index (κ2) is 10.1. The molecule has 0 aromatic heterocycles. The zero-order valence-corrected chi connectivity index (χ0v) is 18.1. The second-order valence-electron chi connectivity index (χ2n) is 8.34. The molecule has 1 aliphatic heterocycles. The van der Waals surface area contributed by atoms with E-state index < -0.39 is 6.09 Å². The van der Waals surface area contributed by atoms with E-state index in [4.69, 9.17) is 9.47 Å². The highest BCUT2D eigenvalue weighted by Gasteiger charge is 2.38. The Morgan fingerprint density at radius 1 is 1.03 bits per heavy atom. The minimum absolute atomic E-state index is 0.0210. The third-order valence-corrected chi connectivity index (χ3v) is 6.23. The smallest absolute Gasteiger partial charge is 0.137 e. The summed E-state index contributed by atoms with van der Waals surface area (Å²) in [7, 11) is 1.62.